The van der Waals surface area contributed by atoms with E-state index in [1.165, 1.54) is 0 Å². The van der Waals surface area contributed by atoms with Crippen LogP contribution < -0.4 is 10.2 Å². The van der Waals surface area contributed by atoms with Gasteiger partial charge in [-0.25, -0.2) is 0 Å². The van der Waals surface area contributed by atoms with Gasteiger partial charge in [0.25, 0.3) is 0 Å². The van der Waals surface area contributed by atoms with Gasteiger partial charge in [0.1, 0.15) is 11.5 Å². The fourth-order valence-electron chi connectivity index (χ4n) is 1.49. The molecule has 0 fully saturated rings. The van der Waals surface area contributed by atoms with Gasteiger partial charge in [0.05, 0.1) is 11.6 Å². The van der Waals surface area contributed by atoms with Gasteiger partial charge in [-0.1, -0.05) is 24.3 Å². The highest BCUT2D eigenvalue weighted by atomic mass is 16.5. The molecular formula is C13H10BNO2. The summed E-state index contributed by atoms with van der Waals surface area (Å²) in [5.41, 5.74) is 1.04. The molecule has 0 bridgehead atoms. The normalized spacial score (nSPS) is 9.41. The van der Waals surface area contributed by atoms with E-state index < -0.39 is 0 Å². The number of para-hydroxylation sites is 1. The minimum absolute atomic E-state index is 0.144. The summed E-state index contributed by atoms with van der Waals surface area (Å²) in [5.74, 6) is 1.30. The van der Waals surface area contributed by atoms with Crippen molar-refractivity contribution in [3.63, 3.8) is 0 Å². The molecule has 4 heteroatoms. The van der Waals surface area contributed by atoms with Crippen LogP contribution in [0.2, 0.25) is 0 Å². The zero-order chi connectivity index (χ0) is 12.1. The number of hydrogen-bond acceptors (Lipinski definition) is 3. The van der Waals surface area contributed by atoms with Crippen molar-refractivity contribution < 1.29 is 9.76 Å². The number of ether oxygens (including phenoxy) is 1. The second-order valence-electron chi connectivity index (χ2n) is 3.50. The summed E-state index contributed by atoms with van der Waals surface area (Å²) in [7, 11) is -0.144. The maximum Gasteiger partial charge on any atom is 0.306 e. The molecule has 0 unspecified atom stereocenters. The van der Waals surface area contributed by atoms with E-state index in [0.717, 1.165) is 0 Å². The molecule has 0 heterocycles. The highest BCUT2D eigenvalue weighted by molar-refractivity contribution is 6.46. The summed E-state index contributed by atoms with van der Waals surface area (Å²) in [6.07, 6.45) is 0. The molecule has 0 saturated carbocycles. The predicted octanol–water partition coefficient (Wildman–Crippen LogP) is 1.32. The van der Waals surface area contributed by atoms with E-state index in [1.54, 1.807) is 18.2 Å². The van der Waals surface area contributed by atoms with Gasteiger partial charge in [-0.2, -0.15) is 5.26 Å². The molecule has 2 aromatic carbocycles. The van der Waals surface area contributed by atoms with Crippen molar-refractivity contribution in [2.45, 2.75) is 0 Å². The molecule has 3 nitrogen and oxygen atoms in total. The minimum Gasteiger partial charge on any atom is -0.457 e. The zero-order valence-corrected chi connectivity index (χ0v) is 9.13. The molecule has 0 aliphatic rings. The first-order valence-electron chi connectivity index (χ1n) is 5.20. The Balaban J connectivity index is 2.26. The summed E-state index contributed by atoms with van der Waals surface area (Å²) < 4.78 is 5.59. The Morgan fingerprint density at radius 3 is 2.47 bits per heavy atom. The smallest absolute Gasteiger partial charge is 0.306 e. The monoisotopic (exact) mass is 223 g/mol. The van der Waals surface area contributed by atoms with Crippen molar-refractivity contribution in [3.05, 3.63) is 54.1 Å². The molecule has 1 N–H and O–H groups in total. The molecule has 82 valence electrons. The van der Waals surface area contributed by atoms with E-state index in [1.807, 2.05) is 36.4 Å². The molecule has 0 spiro atoms. The van der Waals surface area contributed by atoms with Gasteiger partial charge in [0.2, 0.25) is 0 Å². The first-order chi connectivity index (χ1) is 8.33. The van der Waals surface area contributed by atoms with Crippen LogP contribution in [0.1, 0.15) is 5.56 Å². The predicted molar refractivity (Wildman–Crippen MR) is 66.7 cm³/mol. The highest BCUT2D eigenvalue weighted by Gasteiger charge is 2.05. The molecule has 0 aliphatic heterocycles. The maximum absolute atomic E-state index is 9.04. The van der Waals surface area contributed by atoms with E-state index in [4.69, 9.17) is 15.0 Å². The van der Waals surface area contributed by atoms with Crippen molar-refractivity contribution in [1.82, 2.24) is 0 Å². The summed E-state index contributed by atoms with van der Waals surface area (Å²) in [5, 5.41) is 18.0. The number of nitrogens with zero attached hydrogens (tertiary/aromatic N) is 1. The van der Waals surface area contributed by atoms with E-state index in [9.17, 15) is 0 Å². The van der Waals surface area contributed by atoms with Gasteiger partial charge in [-0.15, -0.1) is 0 Å². The Morgan fingerprint density at radius 1 is 1.06 bits per heavy atom. The van der Waals surface area contributed by atoms with E-state index >= 15 is 0 Å². The van der Waals surface area contributed by atoms with Crippen LogP contribution in [-0.2, 0) is 0 Å². The summed E-state index contributed by atoms with van der Waals surface area (Å²) in [4.78, 5) is 0. The third-order valence-corrected chi connectivity index (χ3v) is 2.35. The average molecular weight is 223 g/mol. The summed E-state index contributed by atoms with van der Waals surface area (Å²) in [6.45, 7) is 0. The van der Waals surface area contributed by atoms with Crippen LogP contribution in [0.4, 0.5) is 0 Å². The topological polar surface area (TPSA) is 53.2 Å². The largest absolute Gasteiger partial charge is 0.457 e. The standard InChI is InChI=1S/C13H10BNO2/c15-9-10-8-12(6-7-13(10)14-16)17-11-4-2-1-3-5-11/h1-8,14,16H. The van der Waals surface area contributed by atoms with Crippen LogP contribution in [0, 0.1) is 11.3 Å². The molecule has 2 rings (SSSR count). The first kappa shape index (κ1) is 11.2. The lowest BCUT2D eigenvalue weighted by Crippen LogP contribution is -2.17. The highest BCUT2D eigenvalue weighted by Crippen LogP contribution is 2.20. The fourth-order valence-corrected chi connectivity index (χ4v) is 1.49. The number of benzene rings is 2. The average Bonchev–Trinajstić information content (AvgIpc) is 2.40. The molecule has 17 heavy (non-hydrogen) atoms. The fraction of sp³-hybridized carbons (Fsp3) is 0. The second kappa shape index (κ2) is 5.19. The van der Waals surface area contributed by atoms with E-state index in [-0.39, 0.29) is 7.48 Å². The zero-order valence-electron chi connectivity index (χ0n) is 9.13. The molecule has 0 saturated heterocycles. The third-order valence-electron chi connectivity index (χ3n) is 2.35. The van der Waals surface area contributed by atoms with Gasteiger partial charge < -0.3 is 9.76 Å². The van der Waals surface area contributed by atoms with Crippen LogP contribution in [0.15, 0.2) is 48.5 Å². The molecular weight excluding hydrogens is 213 g/mol. The van der Waals surface area contributed by atoms with Crippen molar-refractivity contribution in [2.75, 3.05) is 0 Å². The van der Waals surface area contributed by atoms with Gasteiger partial charge in [-0.05, 0) is 29.7 Å². The number of nitriles is 1. The molecule has 2 aromatic rings. The Hall–Kier alpha value is -2.25. The SMILES string of the molecule is N#Cc1cc(Oc2ccccc2)ccc1BO. The van der Waals surface area contributed by atoms with Crippen LogP contribution >= 0.6 is 0 Å². The molecule has 0 amide bonds. The molecule has 0 radical (unpaired) electrons. The van der Waals surface area contributed by atoms with Crippen molar-refractivity contribution in [2.24, 2.45) is 0 Å². The Bertz CT molecular complexity index is 549. The van der Waals surface area contributed by atoms with Gasteiger partial charge in [0, 0.05) is 0 Å². The number of hydrogen-bond donors (Lipinski definition) is 1. The minimum atomic E-state index is -0.144. The first-order valence-corrected chi connectivity index (χ1v) is 5.20. The lowest BCUT2D eigenvalue weighted by molar-refractivity contribution is 0.482. The van der Waals surface area contributed by atoms with Crippen molar-refractivity contribution in [1.29, 1.82) is 5.26 Å². The Kier molecular flexibility index (Phi) is 3.44. The second-order valence-corrected chi connectivity index (χ2v) is 3.50. The van der Waals surface area contributed by atoms with Gasteiger partial charge in [0.15, 0.2) is 0 Å². The molecule has 0 aromatic heterocycles. The summed E-state index contributed by atoms with van der Waals surface area (Å²) >= 11 is 0. The van der Waals surface area contributed by atoms with E-state index in [0.29, 0.717) is 22.5 Å². The molecule has 0 aliphatic carbocycles. The Morgan fingerprint density at radius 2 is 1.82 bits per heavy atom. The third kappa shape index (κ3) is 2.66. The van der Waals surface area contributed by atoms with Crippen LogP contribution in [0.3, 0.4) is 0 Å². The maximum atomic E-state index is 9.04. The van der Waals surface area contributed by atoms with Crippen LogP contribution in [0.25, 0.3) is 0 Å². The lowest BCUT2D eigenvalue weighted by Gasteiger charge is -2.07. The molecule has 0 atom stereocenters. The van der Waals surface area contributed by atoms with Crippen molar-refractivity contribution >= 4 is 12.9 Å². The van der Waals surface area contributed by atoms with E-state index in [2.05, 4.69) is 0 Å². The van der Waals surface area contributed by atoms with Gasteiger partial charge >= 0.3 is 7.48 Å². The van der Waals surface area contributed by atoms with Gasteiger partial charge in [-0.3, -0.25) is 0 Å². The quantitative estimate of drug-likeness (QED) is 0.798. The summed E-state index contributed by atoms with van der Waals surface area (Å²) in [6, 6.07) is 16.4. The lowest BCUT2D eigenvalue weighted by atomic mass is 9.85. The number of rotatable bonds is 3. The Labute approximate surface area is 100 Å². The van der Waals surface area contributed by atoms with Crippen LogP contribution in [0.5, 0.6) is 11.5 Å². The van der Waals surface area contributed by atoms with Crippen LogP contribution in [-0.4, -0.2) is 12.5 Å². The van der Waals surface area contributed by atoms with Crippen molar-refractivity contribution in [3.8, 4) is 17.6 Å².